The summed E-state index contributed by atoms with van der Waals surface area (Å²) in [5, 5.41) is 12.4. The molecule has 0 amide bonds. The molecule has 1 aromatic heterocycles. The van der Waals surface area contributed by atoms with E-state index >= 15 is 0 Å². The number of carboxylic acids is 1. The fourth-order valence-corrected chi connectivity index (χ4v) is 1.50. The van der Waals surface area contributed by atoms with Crippen LogP contribution in [0.2, 0.25) is 0 Å². The van der Waals surface area contributed by atoms with Crippen LogP contribution in [-0.2, 0) is 4.79 Å². The first kappa shape index (κ1) is 13.5. The Hall–Kier alpha value is -1.53. The first-order valence-corrected chi connectivity index (χ1v) is 4.94. The van der Waals surface area contributed by atoms with Gasteiger partial charge in [-0.25, -0.2) is 0 Å². The maximum absolute atomic E-state index is 12.9. The van der Waals surface area contributed by atoms with Crippen molar-refractivity contribution < 1.29 is 23.1 Å². The van der Waals surface area contributed by atoms with Crippen LogP contribution in [0.3, 0.4) is 0 Å². The summed E-state index contributed by atoms with van der Waals surface area (Å²) in [7, 11) is 0. The van der Waals surface area contributed by atoms with E-state index in [9.17, 15) is 18.0 Å². The van der Waals surface area contributed by atoms with Gasteiger partial charge < -0.3 is 5.11 Å². The zero-order valence-corrected chi connectivity index (χ0v) is 9.40. The normalized spacial score (nSPS) is 14.6. The SMILES string of the molecule is CC(C)(C(CC(=O)O)n1cccn1)C(F)(F)F. The number of nitrogens with zero attached hydrogens (tertiary/aromatic N) is 2. The van der Waals surface area contributed by atoms with Crippen molar-refractivity contribution in [3.8, 4) is 0 Å². The molecule has 1 N–H and O–H groups in total. The van der Waals surface area contributed by atoms with Gasteiger partial charge in [-0.1, -0.05) is 0 Å². The summed E-state index contributed by atoms with van der Waals surface area (Å²) >= 11 is 0. The average Bonchev–Trinajstić information content (AvgIpc) is 2.64. The number of carbonyl (C=O) groups is 1. The molecule has 0 saturated carbocycles. The highest BCUT2D eigenvalue weighted by Gasteiger charge is 2.53. The fourth-order valence-electron chi connectivity index (χ4n) is 1.50. The minimum absolute atomic E-state index is 0.631. The Morgan fingerprint density at radius 3 is 2.41 bits per heavy atom. The van der Waals surface area contributed by atoms with Gasteiger partial charge in [0.2, 0.25) is 0 Å². The number of halogens is 3. The summed E-state index contributed by atoms with van der Waals surface area (Å²) in [4.78, 5) is 10.7. The van der Waals surface area contributed by atoms with E-state index < -0.39 is 30.0 Å². The third-order valence-electron chi connectivity index (χ3n) is 2.78. The first-order valence-electron chi connectivity index (χ1n) is 4.94. The molecule has 0 aromatic carbocycles. The molecule has 4 nitrogen and oxygen atoms in total. The molecule has 1 aromatic rings. The zero-order valence-electron chi connectivity index (χ0n) is 9.40. The van der Waals surface area contributed by atoms with Crippen molar-refractivity contribution >= 4 is 5.97 Å². The van der Waals surface area contributed by atoms with Crippen LogP contribution in [0.15, 0.2) is 18.5 Å². The molecule has 0 radical (unpaired) electrons. The molecule has 0 saturated heterocycles. The first-order chi connectivity index (χ1) is 7.66. The van der Waals surface area contributed by atoms with Gasteiger partial charge >= 0.3 is 12.1 Å². The Morgan fingerprint density at radius 2 is 2.06 bits per heavy atom. The van der Waals surface area contributed by atoms with Crippen molar-refractivity contribution in [3.63, 3.8) is 0 Å². The fraction of sp³-hybridized carbons (Fsp3) is 0.600. The van der Waals surface area contributed by atoms with Crippen molar-refractivity contribution in [2.24, 2.45) is 5.41 Å². The summed E-state index contributed by atoms with van der Waals surface area (Å²) in [6, 6.07) is 0.191. The van der Waals surface area contributed by atoms with Crippen LogP contribution in [0.25, 0.3) is 0 Å². The van der Waals surface area contributed by atoms with Gasteiger partial charge in [0.15, 0.2) is 0 Å². The van der Waals surface area contributed by atoms with Gasteiger partial charge in [-0.2, -0.15) is 18.3 Å². The molecular weight excluding hydrogens is 237 g/mol. The molecular formula is C10H13F3N2O2. The van der Waals surface area contributed by atoms with Crippen molar-refractivity contribution in [3.05, 3.63) is 18.5 Å². The largest absolute Gasteiger partial charge is 0.481 e. The number of alkyl halides is 3. The number of aliphatic carboxylic acids is 1. The monoisotopic (exact) mass is 250 g/mol. The molecule has 0 spiro atoms. The Bertz CT molecular complexity index is 385. The van der Waals surface area contributed by atoms with Crippen molar-refractivity contribution in [1.29, 1.82) is 0 Å². The summed E-state index contributed by atoms with van der Waals surface area (Å²) in [6.45, 7) is 1.95. The zero-order chi connectivity index (χ0) is 13.3. The highest BCUT2D eigenvalue weighted by Crippen LogP contribution is 2.46. The molecule has 0 aliphatic carbocycles. The van der Waals surface area contributed by atoms with Gasteiger partial charge in [0.25, 0.3) is 0 Å². The van der Waals surface area contributed by atoms with Crippen LogP contribution in [0, 0.1) is 5.41 Å². The van der Waals surface area contributed by atoms with Gasteiger partial charge in [-0.05, 0) is 19.9 Å². The number of carboxylic acid groups (broad SMARTS) is 1. The molecule has 1 atom stereocenters. The molecule has 17 heavy (non-hydrogen) atoms. The van der Waals surface area contributed by atoms with E-state index in [4.69, 9.17) is 5.11 Å². The highest BCUT2D eigenvalue weighted by molar-refractivity contribution is 5.67. The van der Waals surface area contributed by atoms with Crippen LogP contribution < -0.4 is 0 Å². The second-order valence-corrected chi connectivity index (χ2v) is 4.32. The molecule has 96 valence electrons. The molecule has 0 aliphatic heterocycles. The predicted octanol–water partition coefficient (Wildman–Crippen LogP) is 2.49. The number of hydrogen-bond donors (Lipinski definition) is 1. The maximum atomic E-state index is 12.9. The molecule has 7 heteroatoms. The lowest BCUT2D eigenvalue weighted by Crippen LogP contribution is -2.41. The molecule has 1 rings (SSSR count). The number of hydrogen-bond acceptors (Lipinski definition) is 2. The standard InChI is InChI=1S/C10H13F3N2O2/c1-9(2,10(11,12)13)7(6-8(16)17)15-5-3-4-14-15/h3-5,7H,6H2,1-2H3,(H,16,17). The van der Waals surface area contributed by atoms with Crippen molar-refractivity contribution in [1.82, 2.24) is 9.78 Å². The second kappa shape index (κ2) is 4.38. The van der Waals surface area contributed by atoms with Crippen LogP contribution in [-0.4, -0.2) is 27.0 Å². The molecule has 1 unspecified atom stereocenters. The summed E-state index contributed by atoms with van der Waals surface area (Å²) in [5.74, 6) is -1.29. The van der Waals surface area contributed by atoms with Crippen molar-refractivity contribution in [2.45, 2.75) is 32.5 Å². The summed E-state index contributed by atoms with van der Waals surface area (Å²) < 4.78 is 39.7. The van der Waals surface area contributed by atoms with E-state index in [0.717, 1.165) is 18.5 Å². The van der Waals surface area contributed by atoms with Gasteiger partial charge in [0.05, 0.1) is 17.9 Å². The van der Waals surface area contributed by atoms with E-state index in [1.54, 1.807) is 0 Å². The minimum atomic E-state index is -4.50. The lowest BCUT2D eigenvalue weighted by Gasteiger charge is -2.35. The van der Waals surface area contributed by atoms with Crippen LogP contribution >= 0.6 is 0 Å². The Kier molecular flexibility index (Phi) is 3.49. The van der Waals surface area contributed by atoms with Gasteiger partial charge in [0.1, 0.15) is 0 Å². The maximum Gasteiger partial charge on any atom is 0.396 e. The lowest BCUT2D eigenvalue weighted by atomic mass is 9.82. The molecule has 0 aliphatic rings. The quantitative estimate of drug-likeness (QED) is 0.893. The summed E-state index contributed by atoms with van der Waals surface area (Å²) in [5.41, 5.74) is -2.17. The Labute approximate surface area is 96.0 Å². The Balaban J connectivity index is 3.11. The van der Waals surface area contributed by atoms with Crippen molar-refractivity contribution in [2.75, 3.05) is 0 Å². The third kappa shape index (κ3) is 2.78. The van der Waals surface area contributed by atoms with Crippen LogP contribution in [0.4, 0.5) is 13.2 Å². The van der Waals surface area contributed by atoms with E-state index in [2.05, 4.69) is 5.10 Å². The highest BCUT2D eigenvalue weighted by atomic mass is 19.4. The second-order valence-electron chi connectivity index (χ2n) is 4.32. The van der Waals surface area contributed by atoms with E-state index in [1.165, 1.54) is 18.5 Å². The van der Waals surface area contributed by atoms with Gasteiger partial charge in [-0.15, -0.1) is 0 Å². The molecule has 0 bridgehead atoms. The Morgan fingerprint density at radius 1 is 1.47 bits per heavy atom. The number of rotatable bonds is 4. The minimum Gasteiger partial charge on any atom is -0.481 e. The average molecular weight is 250 g/mol. The number of aromatic nitrogens is 2. The van der Waals surface area contributed by atoms with E-state index in [-0.39, 0.29) is 0 Å². The molecule has 1 heterocycles. The van der Waals surface area contributed by atoms with Crippen LogP contribution in [0.1, 0.15) is 26.3 Å². The van der Waals surface area contributed by atoms with Crippen LogP contribution in [0.5, 0.6) is 0 Å². The molecule has 0 fully saturated rings. The topological polar surface area (TPSA) is 55.1 Å². The van der Waals surface area contributed by atoms with E-state index in [1.807, 2.05) is 0 Å². The lowest BCUT2D eigenvalue weighted by molar-refractivity contribution is -0.228. The smallest absolute Gasteiger partial charge is 0.396 e. The van der Waals surface area contributed by atoms with Gasteiger partial charge in [-0.3, -0.25) is 9.48 Å². The third-order valence-corrected chi connectivity index (χ3v) is 2.78. The van der Waals surface area contributed by atoms with Gasteiger partial charge in [0, 0.05) is 12.4 Å². The summed E-state index contributed by atoms with van der Waals surface area (Å²) in [6.07, 6.45) is -2.48. The predicted molar refractivity (Wildman–Crippen MR) is 53.4 cm³/mol. The van der Waals surface area contributed by atoms with E-state index in [0.29, 0.717) is 0 Å².